The van der Waals surface area contributed by atoms with E-state index in [1.807, 2.05) is 24.3 Å². The molecule has 6 atom stereocenters. The molecule has 214 valence electrons. The van der Waals surface area contributed by atoms with E-state index in [1.54, 1.807) is 32.0 Å². The number of rotatable bonds is 3. The molecule has 6 unspecified atom stereocenters. The molecule has 2 aliphatic carbocycles. The van der Waals surface area contributed by atoms with Gasteiger partial charge in [-0.1, -0.05) is 53.6 Å². The fourth-order valence-electron chi connectivity index (χ4n) is 8.16. The monoisotopic (exact) mass is 586 g/mol. The molecule has 42 heavy (non-hydrogen) atoms. The second-order valence-electron chi connectivity index (χ2n) is 11.9. The third kappa shape index (κ3) is 3.38. The molecule has 1 saturated carbocycles. The average Bonchev–Trinajstić information content (AvgIpc) is 3.34. The molecule has 4 aliphatic rings. The van der Waals surface area contributed by atoms with Crippen molar-refractivity contribution in [2.24, 2.45) is 29.1 Å². The minimum atomic E-state index is -1.26. The summed E-state index contributed by atoms with van der Waals surface area (Å²) in [6.45, 7) is 3.84. The van der Waals surface area contributed by atoms with Gasteiger partial charge >= 0.3 is 0 Å². The first kappa shape index (κ1) is 26.8. The van der Waals surface area contributed by atoms with Crippen molar-refractivity contribution in [1.82, 2.24) is 4.90 Å². The van der Waals surface area contributed by atoms with Crippen molar-refractivity contribution < 1.29 is 28.7 Å². The topological polar surface area (TPSA) is 95.0 Å². The number of likely N-dealkylation sites (tertiary alicyclic amines) is 1. The highest BCUT2D eigenvalue weighted by molar-refractivity contribution is 6.31. The highest BCUT2D eigenvalue weighted by Gasteiger charge is 2.67. The summed E-state index contributed by atoms with van der Waals surface area (Å²) in [7, 11) is 0. The quantitative estimate of drug-likeness (QED) is 0.319. The number of benzene rings is 3. The van der Waals surface area contributed by atoms with Gasteiger partial charge in [0.15, 0.2) is 0 Å². The Kier molecular flexibility index (Phi) is 5.90. The Hall–Kier alpha value is -4.04. The largest absolute Gasteiger partial charge is 0.507 e. The molecule has 3 aromatic carbocycles. The van der Waals surface area contributed by atoms with E-state index >= 15 is 0 Å². The molecule has 3 fully saturated rings. The van der Waals surface area contributed by atoms with Crippen LogP contribution in [0.15, 0.2) is 66.2 Å². The van der Waals surface area contributed by atoms with Gasteiger partial charge in [0.2, 0.25) is 23.6 Å². The number of hydrogen-bond acceptors (Lipinski definition) is 5. The van der Waals surface area contributed by atoms with Gasteiger partial charge in [-0.15, -0.1) is 0 Å². The van der Waals surface area contributed by atoms with Crippen LogP contribution in [0.3, 0.4) is 0 Å². The second kappa shape index (κ2) is 9.23. The summed E-state index contributed by atoms with van der Waals surface area (Å²) in [5.74, 6) is -4.88. The lowest BCUT2D eigenvalue weighted by atomic mass is 9.51. The zero-order valence-corrected chi connectivity index (χ0v) is 23.8. The number of phenols is 1. The predicted octanol–water partition coefficient (Wildman–Crippen LogP) is 5.59. The van der Waals surface area contributed by atoms with Gasteiger partial charge in [0.05, 0.1) is 33.9 Å². The molecular weight excluding hydrogens is 559 g/mol. The number of amides is 4. The number of carbonyl (C=O) groups is 4. The van der Waals surface area contributed by atoms with Crippen molar-refractivity contribution in [3.63, 3.8) is 0 Å². The van der Waals surface area contributed by atoms with Crippen LogP contribution < -0.4 is 4.90 Å². The highest BCUT2D eigenvalue weighted by atomic mass is 35.5. The van der Waals surface area contributed by atoms with E-state index in [4.69, 9.17) is 11.6 Å². The Labute approximate surface area is 246 Å². The van der Waals surface area contributed by atoms with Gasteiger partial charge in [-0.2, -0.15) is 0 Å². The van der Waals surface area contributed by atoms with Crippen molar-refractivity contribution in [3.8, 4) is 5.75 Å². The van der Waals surface area contributed by atoms with Crippen LogP contribution in [0.25, 0.3) is 10.8 Å². The molecule has 7 rings (SSSR count). The van der Waals surface area contributed by atoms with E-state index in [0.717, 1.165) is 27.5 Å². The molecule has 2 heterocycles. The standard InChI is InChI=1S/C33H28ClFN2O5/c1-3-36-29(39)21-10-9-20-22(27(21)31(36)41)15-23-30(40)37(16-8-12-25(35)24(34)14-16)32(42)33(23,2)28(20)19-11-13-26(38)18-7-5-4-6-17(18)19/h4-9,11-14,21-23,27-28,38H,3,10,15H2,1-2H3. The number of anilines is 1. The van der Waals surface area contributed by atoms with E-state index in [2.05, 4.69) is 0 Å². The van der Waals surface area contributed by atoms with Crippen LogP contribution >= 0.6 is 11.6 Å². The van der Waals surface area contributed by atoms with Crippen molar-refractivity contribution in [3.05, 3.63) is 82.6 Å². The van der Waals surface area contributed by atoms with Crippen molar-refractivity contribution >= 4 is 51.7 Å². The number of aromatic hydroxyl groups is 1. The van der Waals surface area contributed by atoms with E-state index in [9.17, 15) is 28.7 Å². The lowest BCUT2D eigenvalue weighted by molar-refractivity contribution is -0.140. The SMILES string of the molecule is CCN1C(=O)C2CC=C3C(CC4C(=O)N(c5ccc(F)c(Cl)c5)C(=O)C4(C)C3c3ccc(O)c4ccccc34)C2C1=O. The number of allylic oxidation sites excluding steroid dienone is 2. The lowest BCUT2D eigenvalue weighted by Gasteiger charge is -2.49. The van der Waals surface area contributed by atoms with Gasteiger partial charge in [0.1, 0.15) is 11.6 Å². The molecule has 0 bridgehead atoms. The first-order valence-electron chi connectivity index (χ1n) is 14.2. The van der Waals surface area contributed by atoms with Crippen LogP contribution in [0.1, 0.15) is 38.2 Å². The molecule has 0 aromatic heterocycles. The Morgan fingerprint density at radius 1 is 0.976 bits per heavy atom. The van der Waals surface area contributed by atoms with Crippen LogP contribution in [-0.2, 0) is 19.2 Å². The Morgan fingerprint density at radius 2 is 1.71 bits per heavy atom. The van der Waals surface area contributed by atoms with Gasteiger partial charge in [-0.25, -0.2) is 9.29 Å². The molecule has 0 spiro atoms. The number of nitrogens with zero attached hydrogens (tertiary/aromatic N) is 2. The lowest BCUT2D eigenvalue weighted by Crippen LogP contribution is -2.49. The van der Waals surface area contributed by atoms with E-state index in [0.29, 0.717) is 11.8 Å². The highest BCUT2D eigenvalue weighted by Crippen LogP contribution is 2.64. The minimum Gasteiger partial charge on any atom is -0.507 e. The van der Waals surface area contributed by atoms with E-state index < -0.39 is 52.6 Å². The van der Waals surface area contributed by atoms with Gasteiger partial charge in [0.25, 0.3) is 0 Å². The zero-order valence-electron chi connectivity index (χ0n) is 23.0. The number of halogens is 2. The molecule has 0 radical (unpaired) electrons. The van der Waals surface area contributed by atoms with Crippen LogP contribution in [0.2, 0.25) is 5.02 Å². The maximum absolute atomic E-state index is 14.5. The first-order chi connectivity index (χ1) is 20.1. The zero-order chi connectivity index (χ0) is 29.7. The van der Waals surface area contributed by atoms with Crippen molar-refractivity contribution in [1.29, 1.82) is 0 Å². The molecule has 2 saturated heterocycles. The van der Waals surface area contributed by atoms with Crippen LogP contribution in [0.4, 0.5) is 10.1 Å². The normalized spacial score (nSPS) is 30.5. The van der Waals surface area contributed by atoms with Gasteiger partial charge in [-0.05, 0) is 67.8 Å². The smallest absolute Gasteiger partial charge is 0.241 e. The average molecular weight is 587 g/mol. The Morgan fingerprint density at radius 3 is 2.43 bits per heavy atom. The van der Waals surface area contributed by atoms with Gasteiger partial charge < -0.3 is 5.11 Å². The van der Waals surface area contributed by atoms with Crippen LogP contribution in [-0.4, -0.2) is 40.2 Å². The summed E-state index contributed by atoms with van der Waals surface area (Å²) in [4.78, 5) is 58.0. The molecule has 3 aromatic rings. The number of fused-ring (bicyclic) bond motifs is 5. The Bertz CT molecular complexity index is 1770. The van der Waals surface area contributed by atoms with Crippen LogP contribution in [0.5, 0.6) is 5.75 Å². The maximum Gasteiger partial charge on any atom is 0.241 e. The third-order valence-corrected chi connectivity index (χ3v) is 10.4. The number of carbonyl (C=O) groups excluding carboxylic acids is 4. The summed E-state index contributed by atoms with van der Waals surface area (Å²) in [6, 6.07) is 14.5. The first-order valence-corrected chi connectivity index (χ1v) is 14.6. The van der Waals surface area contributed by atoms with Crippen LogP contribution in [0, 0.1) is 34.9 Å². The number of hydrogen-bond donors (Lipinski definition) is 1. The van der Waals surface area contributed by atoms with Crippen molar-refractivity contribution in [2.45, 2.75) is 32.6 Å². The van der Waals surface area contributed by atoms with Crippen molar-refractivity contribution in [2.75, 3.05) is 11.4 Å². The summed E-state index contributed by atoms with van der Waals surface area (Å²) in [5.41, 5.74) is 0.545. The fourth-order valence-corrected chi connectivity index (χ4v) is 8.34. The molecule has 7 nitrogen and oxygen atoms in total. The fraction of sp³-hybridized carbons (Fsp3) is 0.333. The summed E-state index contributed by atoms with van der Waals surface area (Å²) in [5, 5.41) is 11.8. The van der Waals surface area contributed by atoms with E-state index in [1.165, 1.54) is 17.0 Å². The third-order valence-electron chi connectivity index (χ3n) is 10.1. The summed E-state index contributed by atoms with van der Waals surface area (Å²) >= 11 is 6.07. The van der Waals surface area contributed by atoms with E-state index in [-0.39, 0.29) is 41.2 Å². The molecule has 2 aliphatic heterocycles. The molecule has 9 heteroatoms. The maximum atomic E-state index is 14.5. The predicted molar refractivity (Wildman–Crippen MR) is 154 cm³/mol. The molecule has 4 amide bonds. The molecule has 1 N–H and O–H groups in total. The second-order valence-corrected chi connectivity index (χ2v) is 12.3. The van der Waals surface area contributed by atoms with Gasteiger partial charge in [-0.3, -0.25) is 24.1 Å². The minimum absolute atomic E-state index is 0.0904. The summed E-state index contributed by atoms with van der Waals surface area (Å²) < 4.78 is 14.1. The van der Waals surface area contributed by atoms with Gasteiger partial charge in [0, 0.05) is 17.8 Å². The number of phenolic OH excluding ortho intramolecular Hbond substituents is 1. The molecular formula is C33H28ClFN2O5. The Balaban J connectivity index is 1.46. The number of imide groups is 2. The summed E-state index contributed by atoms with van der Waals surface area (Å²) in [6.07, 6.45) is 2.59.